The van der Waals surface area contributed by atoms with Crippen LogP contribution < -0.4 is 5.32 Å². The molecule has 0 bridgehead atoms. The average Bonchev–Trinajstić information content (AvgIpc) is 2.82. The summed E-state index contributed by atoms with van der Waals surface area (Å²) < 4.78 is 13.6. The van der Waals surface area contributed by atoms with Crippen molar-refractivity contribution in [2.45, 2.75) is 13.5 Å². The third kappa shape index (κ3) is 2.50. The summed E-state index contributed by atoms with van der Waals surface area (Å²) in [6.07, 6.45) is 3.28. The average molecular weight is 233 g/mol. The second kappa shape index (κ2) is 4.78. The van der Waals surface area contributed by atoms with Gasteiger partial charge in [-0.25, -0.2) is 4.39 Å². The predicted molar refractivity (Wildman–Crippen MR) is 60.9 cm³/mol. The molecule has 4 nitrogen and oxygen atoms in total. The Morgan fingerprint density at radius 3 is 3.06 bits per heavy atom. The van der Waals surface area contributed by atoms with Crippen LogP contribution in [0.2, 0.25) is 0 Å². The van der Waals surface area contributed by atoms with Crippen LogP contribution in [-0.4, -0.2) is 16.1 Å². The van der Waals surface area contributed by atoms with Gasteiger partial charge in [-0.05, 0) is 18.6 Å². The number of nitrogens with one attached hydrogen (secondary N) is 2. The number of aromatic amines is 1. The van der Waals surface area contributed by atoms with Gasteiger partial charge in [-0.3, -0.25) is 9.89 Å². The van der Waals surface area contributed by atoms with E-state index in [1.54, 1.807) is 31.5 Å². The van der Waals surface area contributed by atoms with Crippen molar-refractivity contribution in [2.75, 3.05) is 0 Å². The van der Waals surface area contributed by atoms with Crippen molar-refractivity contribution in [1.29, 1.82) is 0 Å². The number of amides is 1. The lowest BCUT2D eigenvalue weighted by Gasteiger charge is -2.06. The summed E-state index contributed by atoms with van der Waals surface area (Å²) in [6.45, 7) is 1.95. The fourth-order valence-electron chi connectivity index (χ4n) is 1.47. The lowest BCUT2D eigenvalue weighted by molar-refractivity contribution is 0.0946. The molecule has 1 amide bonds. The Balaban J connectivity index is 2.07. The smallest absolute Gasteiger partial charge is 0.254 e. The van der Waals surface area contributed by atoms with Crippen LogP contribution in [-0.2, 0) is 6.54 Å². The van der Waals surface area contributed by atoms with E-state index in [1.165, 1.54) is 6.07 Å². The summed E-state index contributed by atoms with van der Waals surface area (Å²) in [4.78, 5) is 11.7. The Hall–Kier alpha value is -2.17. The van der Waals surface area contributed by atoms with Gasteiger partial charge >= 0.3 is 0 Å². The molecule has 1 aromatic carbocycles. The second-order valence-corrected chi connectivity index (χ2v) is 3.73. The van der Waals surface area contributed by atoms with Gasteiger partial charge < -0.3 is 5.32 Å². The molecule has 5 heteroatoms. The minimum absolute atomic E-state index is 0.0634. The van der Waals surface area contributed by atoms with Crippen LogP contribution in [0, 0.1) is 12.7 Å². The largest absolute Gasteiger partial charge is 0.348 e. The number of nitrogens with zero attached hydrogens (tertiary/aromatic N) is 1. The number of hydrogen-bond acceptors (Lipinski definition) is 2. The zero-order chi connectivity index (χ0) is 12.3. The number of aromatic nitrogens is 2. The first-order chi connectivity index (χ1) is 8.18. The molecule has 0 atom stereocenters. The Morgan fingerprint density at radius 2 is 2.35 bits per heavy atom. The number of H-pyrrole nitrogens is 1. The summed E-state index contributed by atoms with van der Waals surface area (Å²) in [5.41, 5.74) is 1.36. The third-order valence-corrected chi connectivity index (χ3v) is 2.44. The molecule has 0 aliphatic carbocycles. The van der Waals surface area contributed by atoms with Crippen molar-refractivity contribution in [1.82, 2.24) is 15.5 Å². The normalized spacial score (nSPS) is 10.2. The van der Waals surface area contributed by atoms with Gasteiger partial charge in [-0.15, -0.1) is 0 Å². The van der Waals surface area contributed by atoms with E-state index in [0.717, 1.165) is 5.56 Å². The zero-order valence-corrected chi connectivity index (χ0v) is 9.33. The molecule has 17 heavy (non-hydrogen) atoms. The number of carbonyl (C=O) groups is 1. The standard InChI is InChI=1S/C12H12FN3O/c1-8-3-2-4-10(11(8)13)12(17)14-5-9-6-15-16-7-9/h2-4,6-7H,5H2,1H3,(H,14,17)(H,15,16). The van der Waals surface area contributed by atoms with Gasteiger partial charge in [0.2, 0.25) is 0 Å². The maximum atomic E-state index is 13.6. The fourth-order valence-corrected chi connectivity index (χ4v) is 1.47. The quantitative estimate of drug-likeness (QED) is 0.849. The number of benzene rings is 1. The highest BCUT2D eigenvalue weighted by Gasteiger charge is 2.12. The summed E-state index contributed by atoms with van der Waals surface area (Å²) in [5, 5.41) is 9.02. The Labute approximate surface area is 97.9 Å². The van der Waals surface area contributed by atoms with E-state index < -0.39 is 11.7 Å². The van der Waals surface area contributed by atoms with Crippen LogP contribution in [0.25, 0.3) is 0 Å². The van der Waals surface area contributed by atoms with Crippen molar-refractivity contribution in [3.05, 3.63) is 53.1 Å². The van der Waals surface area contributed by atoms with E-state index in [-0.39, 0.29) is 5.56 Å². The van der Waals surface area contributed by atoms with E-state index in [9.17, 15) is 9.18 Å². The van der Waals surface area contributed by atoms with Gasteiger partial charge in [0.05, 0.1) is 11.8 Å². The first-order valence-corrected chi connectivity index (χ1v) is 5.19. The van der Waals surface area contributed by atoms with Gasteiger partial charge in [-0.2, -0.15) is 5.10 Å². The van der Waals surface area contributed by atoms with Crippen LogP contribution in [0.5, 0.6) is 0 Å². The van der Waals surface area contributed by atoms with Crippen LogP contribution in [0.1, 0.15) is 21.5 Å². The number of hydrogen-bond donors (Lipinski definition) is 2. The topological polar surface area (TPSA) is 57.8 Å². The summed E-state index contributed by atoms with van der Waals surface area (Å²) in [6, 6.07) is 4.75. The molecule has 1 aromatic heterocycles. The molecular formula is C12H12FN3O. The molecule has 0 fully saturated rings. The lowest BCUT2D eigenvalue weighted by Crippen LogP contribution is -2.23. The van der Waals surface area contributed by atoms with Crippen molar-refractivity contribution in [2.24, 2.45) is 0 Å². The molecule has 2 aromatic rings. The lowest BCUT2D eigenvalue weighted by atomic mass is 10.1. The maximum Gasteiger partial charge on any atom is 0.254 e. The highest BCUT2D eigenvalue weighted by Crippen LogP contribution is 2.11. The van der Waals surface area contributed by atoms with Crippen molar-refractivity contribution in [3.63, 3.8) is 0 Å². The number of carbonyl (C=O) groups excluding carboxylic acids is 1. The van der Waals surface area contributed by atoms with E-state index in [4.69, 9.17) is 0 Å². The fraction of sp³-hybridized carbons (Fsp3) is 0.167. The molecule has 88 valence electrons. The first kappa shape index (κ1) is 11.3. The van der Waals surface area contributed by atoms with Crippen molar-refractivity contribution >= 4 is 5.91 Å². The number of halogens is 1. The Bertz CT molecular complexity index is 523. The Morgan fingerprint density at radius 1 is 1.53 bits per heavy atom. The van der Waals surface area contributed by atoms with Gasteiger partial charge in [0.1, 0.15) is 5.82 Å². The Kier molecular flexibility index (Phi) is 3.18. The van der Waals surface area contributed by atoms with Crippen LogP contribution >= 0.6 is 0 Å². The van der Waals surface area contributed by atoms with E-state index >= 15 is 0 Å². The minimum atomic E-state index is -0.475. The summed E-state index contributed by atoms with van der Waals surface area (Å²) in [7, 11) is 0. The van der Waals surface area contributed by atoms with Crippen LogP contribution in [0.15, 0.2) is 30.6 Å². The molecule has 0 spiro atoms. The molecular weight excluding hydrogens is 221 g/mol. The predicted octanol–water partition coefficient (Wildman–Crippen LogP) is 1.79. The van der Waals surface area contributed by atoms with Crippen molar-refractivity contribution < 1.29 is 9.18 Å². The highest BCUT2D eigenvalue weighted by molar-refractivity contribution is 5.94. The highest BCUT2D eigenvalue weighted by atomic mass is 19.1. The molecule has 0 radical (unpaired) electrons. The molecule has 0 unspecified atom stereocenters. The third-order valence-electron chi connectivity index (χ3n) is 2.44. The van der Waals surface area contributed by atoms with Crippen LogP contribution in [0.3, 0.4) is 0 Å². The van der Waals surface area contributed by atoms with Gasteiger partial charge in [0.25, 0.3) is 5.91 Å². The zero-order valence-electron chi connectivity index (χ0n) is 9.33. The molecule has 2 rings (SSSR count). The molecule has 2 N–H and O–H groups in total. The van der Waals surface area contributed by atoms with Crippen molar-refractivity contribution in [3.8, 4) is 0 Å². The van der Waals surface area contributed by atoms with Gasteiger partial charge in [0, 0.05) is 18.3 Å². The van der Waals surface area contributed by atoms with E-state index in [1.807, 2.05) is 0 Å². The second-order valence-electron chi connectivity index (χ2n) is 3.73. The minimum Gasteiger partial charge on any atom is -0.348 e. The molecule has 0 aliphatic rings. The monoisotopic (exact) mass is 233 g/mol. The van der Waals surface area contributed by atoms with E-state index in [2.05, 4.69) is 15.5 Å². The van der Waals surface area contributed by atoms with Crippen LogP contribution in [0.4, 0.5) is 4.39 Å². The van der Waals surface area contributed by atoms with Gasteiger partial charge in [0.15, 0.2) is 0 Å². The summed E-state index contributed by atoms with van der Waals surface area (Å²) >= 11 is 0. The van der Waals surface area contributed by atoms with Gasteiger partial charge in [-0.1, -0.05) is 12.1 Å². The number of rotatable bonds is 3. The first-order valence-electron chi connectivity index (χ1n) is 5.19. The van der Waals surface area contributed by atoms with E-state index in [0.29, 0.717) is 12.1 Å². The molecule has 1 heterocycles. The molecule has 0 aliphatic heterocycles. The number of aryl methyl sites for hydroxylation is 1. The maximum absolute atomic E-state index is 13.6. The SMILES string of the molecule is Cc1cccc(C(=O)NCc2cn[nH]c2)c1F. The molecule has 0 saturated carbocycles. The molecule has 0 saturated heterocycles. The summed E-state index contributed by atoms with van der Waals surface area (Å²) in [5.74, 6) is -0.899.